The van der Waals surface area contributed by atoms with Gasteiger partial charge in [0.1, 0.15) is 5.75 Å². The van der Waals surface area contributed by atoms with Crippen molar-refractivity contribution in [3.63, 3.8) is 0 Å². The molecular weight excluding hydrogens is 202 g/mol. The Morgan fingerprint density at radius 1 is 1.31 bits per heavy atom. The molecule has 0 amide bonds. The third-order valence-electron chi connectivity index (χ3n) is 3.00. The Hall–Kier alpha value is -1.06. The molecule has 0 radical (unpaired) electrons. The second-order valence-electron chi connectivity index (χ2n) is 4.20. The van der Waals surface area contributed by atoms with Crippen LogP contribution in [0.4, 0.5) is 0 Å². The van der Waals surface area contributed by atoms with Gasteiger partial charge in [-0.25, -0.2) is 0 Å². The van der Waals surface area contributed by atoms with Crippen LogP contribution in [0.2, 0.25) is 0 Å². The summed E-state index contributed by atoms with van der Waals surface area (Å²) in [5.41, 5.74) is 2.48. The van der Waals surface area contributed by atoms with E-state index in [9.17, 15) is 0 Å². The van der Waals surface area contributed by atoms with Gasteiger partial charge in [0.2, 0.25) is 0 Å². The van der Waals surface area contributed by atoms with E-state index in [4.69, 9.17) is 9.47 Å². The van der Waals surface area contributed by atoms with Gasteiger partial charge >= 0.3 is 0 Å². The fraction of sp³-hybridized carbons (Fsp3) is 0.538. The Bertz CT molecular complexity index is 346. The van der Waals surface area contributed by atoms with Crippen molar-refractivity contribution in [3.8, 4) is 5.75 Å². The summed E-state index contributed by atoms with van der Waals surface area (Å²) in [6, 6.07) is 6.82. The van der Waals surface area contributed by atoms with Crippen LogP contribution in [0.1, 0.15) is 30.0 Å². The first-order valence-electron chi connectivity index (χ1n) is 5.73. The quantitative estimate of drug-likeness (QED) is 0.846. The lowest BCUT2D eigenvalue weighted by Crippen LogP contribution is -2.13. The average molecular weight is 221 g/mol. The molecule has 3 nitrogen and oxygen atoms in total. The molecule has 1 aromatic rings. The van der Waals surface area contributed by atoms with E-state index in [1.807, 2.05) is 6.07 Å². The molecular formula is C13H19NO2. The molecule has 1 aliphatic rings. The highest BCUT2D eigenvalue weighted by Crippen LogP contribution is 2.27. The van der Waals surface area contributed by atoms with Crippen molar-refractivity contribution in [1.29, 1.82) is 0 Å². The number of nitrogens with one attached hydrogen (secondary N) is 1. The molecule has 0 bridgehead atoms. The van der Waals surface area contributed by atoms with Crippen molar-refractivity contribution in [2.45, 2.75) is 25.5 Å². The van der Waals surface area contributed by atoms with E-state index in [0.29, 0.717) is 12.6 Å². The molecule has 1 saturated heterocycles. The number of rotatable bonds is 4. The Balaban J connectivity index is 2.24. The minimum atomic E-state index is 0.478. The number of benzene rings is 1. The summed E-state index contributed by atoms with van der Waals surface area (Å²) in [6.45, 7) is 1.75. The molecule has 0 spiro atoms. The average Bonchev–Trinajstić information content (AvgIpc) is 2.82. The van der Waals surface area contributed by atoms with Crippen molar-refractivity contribution in [1.82, 2.24) is 5.32 Å². The molecule has 1 N–H and O–H groups in total. The summed E-state index contributed by atoms with van der Waals surface area (Å²) < 4.78 is 10.5. The maximum atomic E-state index is 5.32. The molecule has 3 heteroatoms. The van der Waals surface area contributed by atoms with Crippen LogP contribution in [0.3, 0.4) is 0 Å². The monoisotopic (exact) mass is 221 g/mol. The molecule has 1 heterocycles. The van der Waals surface area contributed by atoms with Gasteiger partial charge in [-0.1, -0.05) is 6.07 Å². The SMILES string of the molecule is COCc1cc(OC)cc(C2CCCN2)c1. The van der Waals surface area contributed by atoms with Crippen LogP contribution in [-0.2, 0) is 11.3 Å². The van der Waals surface area contributed by atoms with E-state index < -0.39 is 0 Å². The first kappa shape index (κ1) is 11.4. The van der Waals surface area contributed by atoms with E-state index in [2.05, 4.69) is 17.4 Å². The fourth-order valence-corrected chi connectivity index (χ4v) is 2.22. The van der Waals surface area contributed by atoms with Gasteiger partial charge in [-0.3, -0.25) is 0 Å². The van der Waals surface area contributed by atoms with E-state index in [0.717, 1.165) is 12.3 Å². The summed E-state index contributed by atoms with van der Waals surface area (Å²) in [6.07, 6.45) is 2.46. The van der Waals surface area contributed by atoms with Crippen molar-refractivity contribution >= 4 is 0 Å². The Labute approximate surface area is 96.8 Å². The van der Waals surface area contributed by atoms with Crippen molar-refractivity contribution in [3.05, 3.63) is 29.3 Å². The van der Waals surface area contributed by atoms with Gasteiger partial charge < -0.3 is 14.8 Å². The molecule has 1 atom stereocenters. The van der Waals surface area contributed by atoms with Crippen LogP contribution in [-0.4, -0.2) is 20.8 Å². The minimum Gasteiger partial charge on any atom is -0.497 e. The number of hydrogen-bond acceptors (Lipinski definition) is 3. The summed E-state index contributed by atoms with van der Waals surface area (Å²) in [4.78, 5) is 0. The van der Waals surface area contributed by atoms with Crippen molar-refractivity contribution in [2.75, 3.05) is 20.8 Å². The molecule has 1 unspecified atom stereocenters. The molecule has 1 fully saturated rings. The highest BCUT2D eigenvalue weighted by atomic mass is 16.5. The van der Waals surface area contributed by atoms with Crippen LogP contribution in [0.25, 0.3) is 0 Å². The first-order chi connectivity index (χ1) is 7.83. The molecule has 16 heavy (non-hydrogen) atoms. The van der Waals surface area contributed by atoms with Crippen LogP contribution < -0.4 is 10.1 Å². The number of ether oxygens (including phenoxy) is 2. The molecule has 88 valence electrons. The van der Waals surface area contributed by atoms with Gasteiger partial charge in [-0.2, -0.15) is 0 Å². The van der Waals surface area contributed by atoms with E-state index in [1.54, 1.807) is 14.2 Å². The zero-order valence-corrected chi connectivity index (χ0v) is 9.95. The summed E-state index contributed by atoms with van der Waals surface area (Å²) in [5.74, 6) is 0.915. The van der Waals surface area contributed by atoms with Crippen molar-refractivity contribution in [2.24, 2.45) is 0 Å². The largest absolute Gasteiger partial charge is 0.497 e. The lowest BCUT2D eigenvalue weighted by atomic mass is 10.0. The highest BCUT2D eigenvalue weighted by molar-refractivity contribution is 5.36. The van der Waals surface area contributed by atoms with E-state index in [-0.39, 0.29) is 0 Å². The van der Waals surface area contributed by atoms with Gasteiger partial charge in [0.05, 0.1) is 13.7 Å². The second kappa shape index (κ2) is 5.32. The lowest BCUT2D eigenvalue weighted by Gasteiger charge is -2.14. The third-order valence-corrected chi connectivity index (χ3v) is 3.00. The lowest BCUT2D eigenvalue weighted by molar-refractivity contribution is 0.184. The third kappa shape index (κ3) is 2.54. The van der Waals surface area contributed by atoms with E-state index >= 15 is 0 Å². The van der Waals surface area contributed by atoms with Gasteiger partial charge in [-0.15, -0.1) is 0 Å². The molecule has 1 aliphatic heterocycles. The molecule has 0 saturated carbocycles. The smallest absolute Gasteiger partial charge is 0.119 e. The standard InChI is InChI=1S/C13H19NO2/c1-15-9-10-6-11(8-12(7-10)16-2)13-4-3-5-14-13/h6-8,13-14H,3-5,9H2,1-2H3. The maximum Gasteiger partial charge on any atom is 0.119 e. The Kier molecular flexibility index (Phi) is 3.80. The van der Waals surface area contributed by atoms with Crippen molar-refractivity contribution < 1.29 is 9.47 Å². The Morgan fingerprint density at radius 3 is 2.81 bits per heavy atom. The van der Waals surface area contributed by atoms with E-state index in [1.165, 1.54) is 24.0 Å². The molecule has 0 aliphatic carbocycles. The summed E-state index contributed by atoms with van der Waals surface area (Å²) in [5, 5.41) is 3.50. The van der Waals surface area contributed by atoms with Gasteiger partial charge in [0.15, 0.2) is 0 Å². The van der Waals surface area contributed by atoms with Gasteiger partial charge in [-0.05, 0) is 42.6 Å². The molecule has 2 rings (SSSR count). The van der Waals surface area contributed by atoms with Gasteiger partial charge in [0, 0.05) is 13.2 Å². The van der Waals surface area contributed by atoms with Crippen LogP contribution in [0.15, 0.2) is 18.2 Å². The normalized spacial score (nSPS) is 20.0. The number of hydrogen-bond donors (Lipinski definition) is 1. The van der Waals surface area contributed by atoms with Crippen LogP contribution in [0, 0.1) is 0 Å². The first-order valence-corrected chi connectivity index (χ1v) is 5.73. The van der Waals surface area contributed by atoms with Crippen LogP contribution >= 0.6 is 0 Å². The molecule has 0 aromatic heterocycles. The Morgan fingerprint density at radius 2 is 2.19 bits per heavy atom. The minimum absolute atomic E-state index is 0.478. The van der Waals surface area contributed by atoms with Gasteiger partial charge in [0.25, 0.3) is 0 Å². The topological polar surface area (TPSA) is 30.5 Å². The second-order valence-corrected chi connectivity index (χ2v) is 4.20. The fourth-order valence-electron chi connectivity index (χ4n) is 2.22. The summed E-state index contributed by atoms with van der Waals surface area (Å²) >= 11 is 0. The zero-order chi connectivity index (χ0) is 11.4. The number of methoxy groups -OCH3 is 2. The summed E-state index contributed by atoms with van der Waals surface area (Å²) in [7, 11) is 3.42. The molecule has 1 aromatic carbocycles. The zero-order valence-electron chi connectivity index (χ0n) is 9.95. The van der Waals surface area contributed by atoms with Crippen LogP contribution in [0.5, 0.6) is 5.75 Å². The predicted octanol–water partition coefficient (Wildman–Crippen LogP) is 2.27. The maximum absolute atomic E-state index is 5.32. The highest BCUT2D eigenvalue weighted by Gasteiger charge is 2.17. The predicted molar refractivity (Wildman–Crippen MR) is 63.7 cm³/mol.